The van der Waals surface area contributed by atoms with E-state index in [1.54, 1.807) is 0 Å². The van der Waals surface area contributed by atoms with Gasteiger partial charge >= 0.3 is 0 Å². The fourth-order valence-electron chi connectivity index (χ4n) is 1.76. The van der Waals surface area contributed by atoms with Gasteiger partial charge in [-0.25, -0.2) is 8.78 Å². The molecule has 0 bridgehead atoms. The molecule has 0 aliphatic heterocycles. The van der Waals surface area contributed by atoms with Gasteiger partial charge in [-0.3, -0.25) is 10.1 Å². The standard InChI is InChI=1S/C13H18F2N2O/c1-4-8(2)17-13(3,12(16)18)10-7-9(14)5-6-11(10)15/h5-8,17H,4H2,1-3H3,(H2,16,18). The minimum absolute atomic E-state index is 0.0508. The minimum Gasteiger partial charge on any atom is -0.368 e. The smallest absolute Gasteiger partial charge is 0.242 e. The molecule has 3 nitrogen and oxygen atoms in total. The van der Waals surface area contributed by atoms with Crippen LogP contribution in [0, 0.1) is 11.6 Å². The Balaban J connectivity index is 3.26. The molecule has 5 heteroatoms. The maximum absolute atomic E-state index is 13.8. The van der Waals surface area contributed by atoms with Gasteiger partial charge in [0, 0.05) is 11.6 Å². The van der Waals surface area contributed by atoms with E-state index in [2.05, 4.69) is 5.32 Å². The molecule has 0 saturated heterocycles. The van der Waals surface area contributed by atoms with E-state index in [1.807, 2.05) is 13.8 Å². The van der Waals surface area contributed by atoms with E-state index in [0.29, 0.717) is 0 Å². The molecule has 1 aromatic carbocycles. The van der Waals surface area contributed by atoms with Crippen molar-refractivity contribution in [3.05, 3.63) is 35.4 Å². The van der Waals surface area contributed by atoms with Gasteiger partial charge in [-0.05, 0) is 38.5 Å². The molecule has 0 aliphatic rings. The van der Waals surface area contributed by atoms with Crippen molar-refractivity contribution >= 4 is 5.91 Å². The number of primary amides is 1. The van der Waals surface area contributed by atoms with E-state index >= 15 is 0 Å². The molecule has 0 heterocycles. The number of hydrogen-bond acceptors (Lipinski definition) is 2. The second-order valence-corrected chi connectivity index (χ2v) is 4.57. The number of carbonyl (C=O) groups excluding carboxylic acids is 1. The predicted octanol–water partition coefficient (Wildman–Crippen LogP) is 2.05. The highest BCUT2D eigenvalue weighted by Crippen LogP contribution is 2.25. The Morgan fingerprint density at radius 2 is 2.11 bits per heavy atom. The molecule has 0 aromatic heterocycles. The first kappa shape index (κ1) is 14.6. The number of amides is 1. The Morgan fingerprint density at radius 3 is 2.61 bits per heavy atom. The number of halogens is 2. The molecule has 1 rings (SSSR count). The van der Waals surface area contributed by atoms with Crippen LogP contribution in [0.2, 0.25) is 0 Å². The maximum atomic E-state index is 13.8. The lowest BCUT2D eigenvalue weighted by Crippen LogP contribution is -2.53. The van der Waals surface area contributed by atoms with Gasteiger partial charge in [-0.15, -0.1) is 0 Å². The fraction of sp³-hybridized carbons (Fsp3) is 0.462. The molecular formula is C13H18F2N2O. The second kappa shape index (κ2) is 5.44. The molecule has 0 fully saturated rings. The van der Waals surface area contributed by atoms with Crippen molar-refractivity contribution in [2.75, 3.05) is 0 Å². The van der Waals surface area contributed by atoms with Crippen LogP contribution < -0.4 is 11.1 Å². The molecule has 0 aliphatic carbocycles. The Labute approximate surface area is 105 Å². The summed E-state index contributed by atoms with van der Waals surface area (Å²) in [5, 5.41) is 2.95. The number of benzene rings is 1. The third-order valence-corrected chi connectivity index (χ3v) is 3.11. The minimum atomic E-state index is -1.43. The molecule has 0 spiro atoms. The van der Waals surface area contributed by atoms with E-state index in [-0.39, 0.29) is 11.6 Å². The zero-order valence-electron chi connectivity index (χ0n) is 10.8. The topological polar surface area (TPSA) is 55.1 Å². The maximum Gasteiger partial charge on any atom is 0.242 e. The molecule has 2 unspecified atom stereocenters. The Kier molecular flexibility index (Phi) is 4.40. The molecular weight excluding hydrogens is 238 g/mol. The van der Waals surface area contributed by atoms with Gasteiger partial charge in [0.1, 0.15) is 17.2 Å². The average Bonchev–Trinajstić information content (AvgIpc) is 2.31. The normalized spacial score (nSPS) is 16.1. The van der Waals surface area contributed by atoms with E-state index in [0.717, 1.165) is 24.6 Å². The van der Waals surface area contributed by atoms with Gasteiger partial charge in [0.05, 0.1) is 0 Å². The highest BCUT2D eigenvalue weighted by atomic mass is 19.1. The van der Waals surface area contributed by atoms with Crippen LogP contribution in [0.4, 0.5) is 8.78 Å². The summed E-state index contributed by atoms with van der Waals surface area (Å²) in [5.41, 5.74) is 3.83. The zero-order chi connectivity index (χ0) is 13.9. The van der Waals surface area contributed by atoms with Crippen molar-refractivity contribution in [3.8, 4) is 0 Å². The van der Waals surface area contributed by atoms with Crippen LogP contribution in [0.15, 0.2) is 18.2 Å². The average molecular weight is 256 g/mol. The number of hydrogen-bond donors (Lipinski definition) is 2. The monoisotopic (exact) mass is 256 g/mol. The first-order valence-electron chi connectivity index (χ1n) is 5.84. The quantitative estimate of drug-likeness (QED) is 0.847. The summed E-state index contributed by atoms with van der Waals surface area (Å²) in [6, 6.07) is 2.94. The van der Waals surface area contributed by atoms with Crippen LogP contribution in [-0.4, -0.2) is 11.9 Å². The van der Waals surface area contributed by atoms with Gasteiger partial charge in [0.25, 0.3) is 0 Å². The van der Waals surface area contributed by atoms with Crippen LogP contribution in [-0.2, 0) is 10.3 Å². The molecule has 18 heavy (non-hydrogen) atoms. The number of carbonyl (C=O) groups is 1. The second-order valence-electron chi connectivity index (χ2n) is 4.57. The fourth-order valence-corrected chi connectivity index (χ4v) is 1.76. The summed E-state index contributed by atoms with van der Waals surface area (Å²) >= 11 is 0. The molecule has 3 N–H and O–H groups in total. The Hall–Kier alpha value is -1.49. The molecule has 0 radical (unpaired) electrons. The summed E-state index contributed by atoms with van der Waals surface area (Å²) in [5.74, 6) is -2.01. The van der Waals surface area contributed by atoms with Crippen LogP contribution in [0.3, 0.4) is 0 Å². The van der Waals surface area contributed by atoms with Crippen LogP contribution in [0.25, 0.3) is 0 Å². The van der Waals surface area contributed by atoms with Crippen molar-refractivity contribution in [2.45, 2.75) is 38.8 Å². The molecule has 100 valence electrons. The van der Waals surface area contributed by atoms with E-state index < -0.39 is 23.1 Å². The SMILES string of the molecule is CCC(C)NC(C)(C(N)=O)c1cc(F)ccc1F. The van der Waals surface area contributed by atoms with Crippen LogP contribution >= 0.6 is 0 Å². The van der Waals surface area contributed by atoms with Crippen molar-refractivity contribution in [2.24, 2.45) is 5.73 Å². The lowest BCUT2D eigenvalue weighted by Gasteiger charge is -2.31. The van der Waals surface area contributed by atoms with Crippen molar-refractivity contribution in [1.29, 1.82) is 0 Å². The Morgan fingerprint density at radius 1 is 1.50 bits per heavy atom. The molecule has 1 aromatic rings. The zero-order valence-corrected chi connectivity index (χ0v) is 10.8. The molecule has 0 saturated carbocycles. The highest BCUT2D eigenvalue weighted by molar-refractivity contribution is 5.85. The number of nitrogens with two attached hydrogens (primary N) is 1. The summed E-state index contributed by atoms with van der Waals surface area (Å²) in [6.45, 7) is 5.22. The van der Waals surface area contributed by atoms with Gasteiger partial charge in [-0.2, -0.15) is 0 Å². The number of nitrogens with one attached hydrogen (secondary N) is 1. The largest absolute Gasteiger partial charge is 0.368 e. The van der Waals surface area contributed by atoms with Crippen molar-refractivity contribution in [3.63, 3.8) is 0 Å². The number of rotatable bonds is 5. The lowest BCUT2D eigenvalue weighted by atomic mass is 9.89. The summed E-state index contributed by atoms with van der Waals surface area (Å²) in [7, 11) is 0. The van der Waals surface area contributed by atoms with Gasteiger partial charge < -0.3 is 5.73 Å². The third-order valence-electron chi connectivity index (χ3n) is 3.11. The highest BCUT2D eigenvalue weighted by Gasteiger charge is 2.36. The van der Waals surface area contributed by atoms with Crippen molar-refractivity contribution in [1.82, 2.24) is 5.32 Å². The van der Waals surface area contributed by atoms with E-state index in [4.69, 9.17) is 5.73 Å². The first-order valence-corrected chi connectivity index (χ1v) is 5.84. The van der Waals surface area contributed by atoms with E-state index in [1.165, 1.54) is 6.92 Å². The predicted molar refractivity (Wildman–Crippen MR) is 65.8 cm³/mol. The van der Waals surface area contributed by atoms with Crippen LogP contribution in [0.5, 0.6) is 0 Å². The van der Waals surface area contributed by atoms with E-state index in [9.17, 15) is 13.6 Å². The first-order chi connectivity index (χ1) is 8.31. The van der Waals surface area contributed by atoms with Gasteiger partial charge in [0.2, 0.25) is 5.91 Å². The van der Waals surface area contributed by atoms with Crippen LogP contribution in [0.1, 0.15) is 32.8 Å². The lowest BCUT2D eigenvalue weighted by molar-refractivity contribution is -0.124. The summed E-state index contributed by atoms with van der Waals surface area (Å²) < 4.78 is 27.0. The molecule has 2 atom stereocenters. The third kappa shape index (κ3) is 2.85. The Bertz CT molecular complexity index is 451. The van der Waals surface area contributed by atoms with Gasteiger partial charge in [-0.1, -0.05) is 6.92 Å². The molecule has 1 amide bonds. The summed E-state index contributed by atoms with van der Waals surface area (Å²) in [4.78, 5) is 11.6. The van der Waals surface area contributed by atoms with Gasteiger partial charge in [0.15, 0.2) is 0 Å². The summed E-state index contributed by atoms with van der Waals surface area (Å²) in [6.07, 6.45) is 0.736. The van der Waals surface area contributed by atoms with Crippen molar-refractivity contribution < 1.29 is 13.6 Å².